The van der Waals surface area contributed by atoms with Gasteiger partial charge >= 0.3 is 0 Å². The summed E-state index contributed by atoms with van der Waals surface area (Å²) < 4.78 is -0.0170. The molecule has 0 radical (unpaired) electrons. The highest BCUT2D eigenvalue weighted by Gasteiger charge is 2.12. The van der Waals surface area contributed by atoms with Crippen LogP contribution < -0.4 is 0 Å². The zero-order valence-electron chi connectivity index (χ0n) is 13.9. The van der Waals surface area contributed by atoms with Gasteiger partial charge in [-0.05, 0) is 44.2 Å². The SMILES string of the molecule is C=Cc1ccc(CCCCCCCOOCC(C)(C)Br)cc1. The average molecular weight is 369 g/mol. The van der Waals surface area contributed by atoms with Gasteiger partial charge in [-0.2, -0.15) is 0 Å². The molecule has 0 aromatic heterocycles. The molecule has 0 saturated carbocycles. The molecule has 124 valence electrons. The molecule has 1 aromatic carbocycles. The number of halogens is 1. The summed E-state index contributed by atoms with van der Waals surface area (Å²) in [7, 11) is 0. The van der Waals surface area contributed by atoms with E-state index < -0.39 is 0 Å². The van der Waals surface area contributed by atoms with Gasteiger partial charge < -0.3 is 0 Å². The summed E-state index contributed by atoms with van der Waals surface area (Å²) >= 11 is 3.51. The average Bonchev–Trinajstić information content (AvgIpc) is 2.48. The lowest BCUT2D eigenvalue weighted by Gasteiger charge is -2.14. The highest BCUT2D eigenvalue weighted by molar-refractivity contribution is 9.10. The summed E-state index contributed by atoms with van der Waals surface area (Å²) in [4.78, 5) is 10.3. The largest absolute Gasteiger partial charge is 0.237 e. The molecule has 0 amide bonds. The van der Waals surface area contributed by atoms with Crippen LogP contribution in [0, 0.1) is 0 Å². The molecule has 0 atom stereocenters. The molecule has 0 N–H and O–H groups in total. The lowest BCUT2D eigenvalue weighted by atomic mass is 10.0. The van der Waals surface area contributed by atoms with Crippen LogP contribution in [0.4, 0.5) is 0 Å². The minimum absolute atomic E-state index is 0.0170. The van der Waals surface area contributed by atoms with Crippen molar-refractivity contribution in [2.75, 3.05) is 13.2 Å². The summed E-state index contributed by atoms with van der Waals surface area (Å²) in [5.74, 6) is 0. The van der Waals surface area contributed by atoms with Crippen LogP contribution in [0.15, 0.2) is 30.8 Å². The third-order valence-corrected chi connectivity index (χ3v) is 3.62. The third-order valence-electron chi connectivity index (χ3n) is 3.39. The van der Waals surface area contributed by atoms with E-state index in [1.54, 1.807) is 0 Å². The summed E-state index contributed by atoms with van der Waals surface area (Å²) in [6.45, 7) is 9.14. The maximum Gasteiger partial charge on any atom is 0.0970 e. The maximum absolute atomic E-state index is 5.17. The Morgan fingerprint density at radius 2 is 1.64 bits per heavy atom. The highest BCUT2D eigenvalue weighted by atomic mass is 79.9. The lowest BCUT2D eigenvalue weighted by Crippen LogP contribution is -2.18. The quantitative estimate of drug-likeness (QED) is 0.196. The second-order valence-electron chi connectivity index (χ2n) is 6.27. The van der Waals surface area contributed by atoms with Crippen molar-refractivity contribution >= 4 is 22.0 Å². The molecule has 0 heterocycles. The highest BCUT2D eigenvalue weighted by Crippen LogP contribution is 2.16. The van der Waals surface area contributed by atoms with Gasteiger partial charge in [-0.3, -0.25) is 0 Å². The second kappa shape index (κ2) is 11.0. The monoisotopic (exact) mass is 368 g/mol. The first-order chi connectivity index (χ1) is 10.5. The predicted molar refractivity (Wildman–Crippen MR) is 98.2 cm³/mol. The van der Waals surface area contributed by atoms with E-state index in [1.807, 2.05) is 6.08 Å². The number of benzene rings is 1. The molecule has 0 aliphatic rings. The van der Waals surface area contributed by atoms with E-state index in [9.17, 15) is 0 Å². The van der Waals surface area contributed by atoms with E-state index in [0.29, 0.717) is 13.2 Å². The Hall–Kier alpha value is -0.640. The van der Waals surface area contributed by atoms with Crippen molar-refractivity contribution in [3.8, 4) is 0 Å². The molecule has 0 fully saturated rings. The topological polar surface area (TPSA) is 18.5 Å². The minimum atomic E-state index is -0.0170. The third kappa shape index (κ3) is 10.1. The van der Waals surface area contributed by atoms with Crippen LogP contribution in [0.3, 0.4) is 0 Å². The number of hydrogen-bond donors (Lipinski definition) is 0. The van der Waals surface area contributed by atoms with Crippen LogP contribution in [-0.4, -0.2) is 17.5 Å². The Balaban J connectivity index is 1.92. The summed E-state index contributed by atoms with van der Waals surface area (Å²) in [6, 6.07) is 8.67. The standard InChI is InChI=1S/C19H29BrO2/c1-4-17-11-13-18(14-12-17)10-8-6-5-7-9-15-21-22-16-19(2,3)20/h4,11-14H,1,5-10,15-16H2,2-3H3. The molecule has 1 aromatic rings. The number of alkyl halides is 1. The normalized spacial score (nSPS) is 11.6. The summed E-state index contributed by atoms with van der Waals surface area (Å²) in [5, 5.41) is 0. The van der Waals surface area contributed by atoms with Crippen LogP contribution in [-0.2, 0) is 16.2 Å². The smallest absolute Gasteiger partial charge is 0.0970 e. The van der Waals surface area contributed by atoms with E-state index in [2.05, 4.69) is 60.6 Å². The van der Waals surface area contributed by atoms with Gasteiger partial charge in [-0.25, -0.2) is 9.78 Å². The van der Waals surface area contributed by atoms with Crippen molar-refractivity contribution in [1.82, 2.24) is 0 Å². The molecule has 0 unspecified atom stereocenters. The first-order valence-electron chi connectivity index (χ1n) is 8.16. The van der Waals surface area contributed by atoms with Gasteiger partial charge in [-0.1, -0.05) is 72.1 Å². The van der Waals surface area contributed by atoms with Crippen molar-refractivity contribution in [2.45, 2.75) is 56.7 Å². The van der Waals surface area contributed by atoms with E-state index in [1.165, 1.54) is 36.8 Å². The molecule has 0 aliphatic heterocycles. The van der Waals surface area contributed by atoms with E-state index in [-0.39, 0.29) is 4.32 Å². The van der Waals surface area contributed by atoms with Crippen molar-refractivity contribution < 1.29 is 9.78 Å². The molecule has 0 aliphatic carbocycles. The van der Waals surface area contributed by atoms with Gasteiger partial charge in [0.1, 0.15) is 0 Å². The van der Waals surface area contributed by atoms with Crippen molar-refractivity contribution in [1.29, 1.82) is 0 Å². The van der Waals surface area contributed by atoms with Gasteiger partial charge in [-0.15, -0.1) is 0 Å². The van der Waals surface area contributed by atoms with Crippen LogP contribution >= 0.6 is 15.9 Å². The zero-order chi connectivity index (χ0) is 16.3. The Morgan fingerprint density at radius 1 is 1.00 bits per heavy atom. The van der Waals surface area contributed by atoms with Crippen molar-refractivity contribution in [3.05, 3.63) is 42.0 Å². The van der Waals surface area contributed by atoms with Crippen LogP contribution in [0.25, 0.3) is 6.08 Å². The second-order valence-corrected chi connectivity index (χ2v) is 8.41. The van der Waals surface area contributed by atoms with Gasteiger partial charge in [0, 0.05) is 4.32 Å². The fourth-order valence-corrected chi connectivity index (χ4v) is 2.17. The van der Waals surface area contributed by atoms with Crippen LogP contribution in [0.2, 0.25) is 0 Å². The van der Waals surface area contributed by atoms with Crippen molar-refractivity contribution in [2.24, 2.45) is 0 Å². The molecular weight excluding hydrogens is 340 g/mol. The zero-order valence-corrected chi connectivity index (χ0v) is 15.5. The lowest BCUT2D eigenvalue weighted by molar-refractivity contribution is -0.297. The van der Waals surface area contributed by atoms with Crippen molar-refractivity contribution in [3.63, 3.8) is 0 Å². The number of unbranched alkanes of at least 4 members (excludes halogenated alkanes) is 4. The van der Waals surface area contributed by atoms with Gasteiger partial charge in [0.25, 0.3) is 0 Å². The minimum Gasteiger partial charge on any atom is -0.237 e. The van der Waals surface area contributed by atoms with Gasteiger partial charge in [0.05, 0.1) is 13.2 Å². The summed E-state index contributed by atoms with van der Waals surface area (Å²) in [5.41, 5.74) is 2.61. The molecule has 0 spiro atoms. The molecule has 0 saturated heterocycles. The van der Waals surface area contributed by atoms with Gasteiger partial charge in [0.2, 0.25) is 0 Å². The number of hydrogen-bond acceptors (Lipinski definition) is 2. The molecule has 2 nitrogen and oxygen atoms in total. The van der Waals surface area contributed by atoms with E-state index in [4.69, 9.17) is 9.78 Å². The fraction of sp³-hybridized carbons (Fsp3) is 0.579. The Morgan fingerprint density at radius 3 is 2.27 bits per heavy atom. The molecule has 3 heteroatoms. The summed E-state index contributed by atoms with van der Waals surface area (Å²) in [6.07, 6.45) is 9.11. The number of aryl methyl sites for hydroxylation is 1. The molecule has 22 heavy (non-hydrogen) atoms. The van der Waals surface area contributed by atoms with E-state index >= 15 is 0 Å². The molecule has 0 bridgehead atoms. The number of rotatable bonds is 12. The first kappa shape index (κ1) is 19.4. The predicted octanol–water partition coefficient (Wildman–Crippen LogP) is 5.94. The van der Waals surface area contributed by atoms with E-state index in [0.717, 1.165) is 12.8 Å². The Kier molecular flexibility index (Phi) is 9.69. The van der Waals surface area contributed by atoms with Crippen LogP contribution in [0.1, 0.15) is 57.1 Å². The van der Waals surface area contributed by atoms with Crippen LogP contribution in [0.5, 0.6) is 0 Å². The molecular formula is C19H29BrO2. The Labute approximate surface area is 144 Å². The first-order valence-corrected chi connectivity index (χ1v) is 8.95. The maximum atomic E-state index is 5.17. The molecule has 1 rings (SSSR count). The van der Waals surface area contributed by atoms with Gasteiger partial charge in [0.15, 0.2) is 0 Å². The fourth-order valence-electron chi connectivity index (χ4n) is 2.08. The Bertz CT molecular complexity index is 406.